The quantitative estimate of drug-likeness (QED) is 0.558. The number of thiophene rings is 1. The molecule has 3 aromatic heterocycles. The lowest BCUT2D eigenvalue weighted by molar-refractivity contribution is 0.0946. The largest absolute Gasteiger partial charge is 0.339 e. The number of carbonyl (C=O) groups is 1. The fourth-order valence-corrected chi connectivity index (χ4v) is 4.59. The highest BCUT2D eigenvalue weighted by Crippen LogP contribution is 2.32. The maximum absolute atomic E-state index is 13.2. The summed E-state index contributed by atoms with van der Waals surface area (Å²) in [6, 6.07) is 15.3. The van der Waals surface area contributed by atoms with E-state index in [1.165, 1.54) is 11.3 Å². The fourth-order valence-electron chi connectivity index (χ4n) is 3.41. The highest BCUT2D eigenvalue weighted by molar-refractivity contribution is 7.20. The highest BCUT2D eigenvalue weighted by Gasteiger charge is 2.23. The number of hydrogen-bond donors (Lipinski definition) is 1. The minimum absolute atomic E-state index is 0.128. The SMILES string of the molecule is Cc1nc(C)c2c(C)c(C(=O)NC(c3ccccc3)c3ccccn3)sc2n1. The molecule has 4 rings (SSSR count). The molecule has 0 saturated carbocycles. The van der Waals surface area contributed by atoms with E-state index in [1.807, 2.05) is 69.3 Å². The maximum Gasteiger partial charge on any atom is 0.262 e. The number of aryl methyl sites for hydroxylation is 3. The number of aromatic nitrogens is 3. The predicted octanol–water partition coefficient (Wildman–Crippen LogP) is 4.53. The zero-order valence-corrected chi connectivity index (χ0v) is 16.7. The average Bonchev–Trinajstić information content (AvgIpc) is 3.04. The van der Waals surface area contributed by atoms with Gasteiger partial charge >= 0.3 is 0 Å². The third kappa shape index (κ3) is 3.39. The van der Waals surface area contributed by atoms with E-state index in [0.717, 1.165) is 32.7 Å². The third-order valence-corrected chi connectivity index (χ3v) is 5.87. The Morgan fingerprint density at radius 1 is 1.00 bits per heavy atom. The van der Waals surface area contributed by atoms with Gasteiger partial charge in [-0.25, -0.2) is 9.97 Å². The molecule has 28 heavy (non-hydrogen) atoms. The van der Waals surface area contributed by atoms with Crippen molar-refractivity contribution in [2.45, 2.75) is 26.8 Å². The Labute approximate surface area is 167 Å². The molecule has 0 saturated heterocycles. The molecule has 140 valence electrons. The molecule has 1 unspecified atom stereocenters. The Morgan fingerprint density at radius 3 is 2.46 bits per heavy atom. The Morgan fingerprint density at radius 2 is 1.75 bits per heavy atom. The van der Waals surface area contributed by atoms with Crippen LogP contribution in [0.15, 0.2) is 54.7 Å². The van der Waals surface area contributed by atoms with Crippen LogP contribution in [0.25, 0.3) is 10.2 Å². The van der Waals surface area contributed by atoms with E-state index in [-0.39, 0.29) is 11.9 Å². The lowest BCUT2D eigenvalue weighted by Crippen LogP contribution is -2.29. The monoisotopic (exact) mass is 388 g/mol. The van der Waals surface area contributed by atoms with Gasteiger partial charge in [0, 0.05) is 17.3 Å². The van der Waals surface area contributed by atoms with Crippen LogP contribution in [0, 0.1) is 20.8 Å². The lowest BCUT2D eigenvalue weighted by Gasteiger charge is -2.18. The van der Waals surface area contributed by atoms with Gasteiger partial charge in [-0.15, -0.1) is 11.3 Å². The number of carbonyl (C=O) groups excluding carboxylic acids is 1. The van der Waals surface area contributed by atoms with E-state index < -0.39 is 0 Å². The highest BCUT2D eigenvalue weighted by atomic mass is 32.1. The van der Waals surface area contributed by atoms with Crippen LogP contribution >= 0.6 is 11.3 Å². The molecule has 0 fully saturated rings. The first-order chi connectivity index (χ1) is 13.5. The molecule has 3 heterocycles. The Kier molecular flexibility index (Phi) is 4.88. The molecular formula is C22H20N4OS. The molecule has 1 atom stereocenters. The standard InChI is InChI=1S/C22H20N4OS/c1-13-18-14(2)24-15(3)25-22(18)28-20(13)21(27)26-19(16-9-5-4-6-10-16)17-11-7-8-12-23-17/h4-12,19H,1-3H3,(H,26,27). The minimum Gasteiger partial charge on any atom is -0.339 e. The summed E-state index contributed by atoms with van der Waals surface area (Å²) in [6.07, 6.45) is 1.74. The summed E-state index contributed by atoms with van der Waals surface area (Å²) in [4.78, 5) is 28.1. The number of benzene rings is 1. The Hall–Kier alpha value is -3.12. The Balaban J connectivity index is 1.74. The predicted molar refractivity (Wildman–Crippen MR) is 112 cm³/mol. The second kappa shape index (κ2) is 7.48. The van der Waals surface area contributed by atoms with Gasteiger partial charge in [-0.05, 0) is 44.0 Å². The van der Waals surface area contributed by atoms with E-state index in [1.54, 1.807) is 6.20 Å². The number of rotatable bonds is 4. The van der Waals surface area contributed by atoms with Crippen molar-refractivity contribution in [1.29, 1.82) is 0 Å². The van der Waals surface area contributed by atoms with Gasteiger partial charge in [0.2, 0.25) is 0 Å². The normalized spacial score (nSPS) is 12.1. The number of amides is 1. The molecule has 0 spiro atoms. The van der Waals surface area contributed by atoms with Crippen LogP contribution in [-0.4, -0.2) is 20.9 Å². The van der Waals surface area contributed by atoms with E-state index in [4.69, 9.17) is 0 Å². The van der Waals surface area contributed by atoms with Crippen LogP contribution in [0.5, 0.6) is 0 Å². The molecule has 0 aliphatic heterocycles. The lowest BCUT2D eigenvalue weighted by atomic mass is 10.0. The molecule has 0 aliphatic carbocycles. The minimum atomic E-state index is -0.326. The smallest absolute Gasteiger partial charge is 0.262 e. The molecule has 5 nitrogen and oxygen atoms in total. The van der Waals surface area contributed by atoms with E-state index in [0.29, 0.717) is 10.7 Å². The van der Waals surface area contributed by atoms with Crippen molar-refractivity contribution in [1.82, 2.24) is 20.3 Å². The number of nitrogens with zero attached hydrogens (tertiary/aromatic N) is 3. The van der Waals surface area contributed by atoms with Crippen molar-refractivity contribution in [2.75, 3.05) is 0 Å². The van der Waals surface area contributed by atoms with Crippen molar-refractivity contribution in [3.8, 4) is 0 Å². The first kappa shape index (κ1) is 18.3. The van der Waals surface area contributed by atoms with Gasteiger partial charge in [-0.3, -0.25) is 9.78 Å². The first-order valence-corrected chi connectivity index (χ1v) is 9.87. The molecule has 1 amide bonds. The second-order valence-electron chi connectivity index (χ2n) is 6.66. The van der Waals surface area contributed by atoms with Gasteiger partial charge in [0.15, 0.2) is 0 Å². The molecule has 1 N–H and O–H groups in total. The van der Waals surface area contributed by atoms with Crippen LogP contribution in [0.4, 0.5) is 0 Å². The number of hydrogen-bond acceptors (Lipinski definition) is 5. The summed E-state index contributed by atoms with van der Waals surface area (Å²) < 4.78 is 0. The van der Waals surface area contributed by atoms with Crippen LogP contribution in [0.1, 0.15) is 44.1 Å². The second-order valence-corrected chi connectivity index (χ2v) is 7.66. The van der Waals surface area contributed by atoms with Crippen molar-refractivity contribution >= 4 is 27.5 Å². The molecule has 4 aromatic rings. The van der Waals surface area contributed by atoms with E-state index in [2.05, 4.69) is 20.3 Å². The Bertz CT molecular complexity index is 1100. The number of fused-ring (bicyclic) bond motifs is 1. The number of nitrogens with one attached hydrogen (secondary N) is 1. The zero-order chi connectivity index (χ0) is 19.7. The van der Waals surface area contributed by atoms with Crippen LogP contribution in [0.2, 0.25) is 0 Å². The summed E-state index contributed by atoms with van der Waals surface area (Å²) in [5.74, 6) is 0.589. The van der Waals surface area contributed by atoms with Crippen molar-refractivity contribution < 1.29 is 4.79 Å². The molecule has 6 heteroatoms. The summed E-state index contributed by atoms with van der Waals surface area (Å²) in [5, 5.41) is 4.13. The summed E-state index contributed by atoms with van der Waals surface area (Å²) in [7, 11) is 0. The number of pyridine rings is 1. The zero-order valence-electron chi connectivity index (χ0n) is 15.9. The molecule has 0 radical (unpaired) electrons. The van der Waals surface area contributed by atoms with Gasteiger partial charge in [-0.2, -0.15) is 0 Å². The van der Waals surface area contributed by atoms with Crippen molar-refractivity contribution in [3.63, 3.8) is 0 Å². The van der Waals surface area contributed by atoms with Crippen LogP contribution < -0.4 is 5.32 Å². The van der Waals surface area contributed by atoms with Gasteiger partial charge < -0.3 is 5.32 Å². The van der Waals surface area contributed by atoms with Gasteiger partial charge in [-0.1, -0.05) is 36.4 Å². The van der Waals surface area contributed by atoms with Crippen LogP contribution in [0.3, 0.4) is 0 Å². The van der Waals surface area contributed by atoms with Crippen LogP contribution in [-0.2, 0) is 0 Å². The molecular weight excluding hydrogens is 368 g/mol. The van der Waals surface area contributed by atoms with Crippen molar-refractivity contribution in [2.24, 2.45) is 0 Å². The van der Waals surface area contributed by atoms with Gasteiger partial charge in [0.25, 0.3) is 5.91 Å². The first-order valence-electron chi connectivity index (χ1n) is 9.05. The summed E-state index contributed by atoms with van der Waals surface area (Å²) in [6.45, 7) is 5.78. The summed E-state index contributed by atoms with van der Waals surface area (Å²) in [5.41, 5.74) is 3.61. The maximum atomic E-state index is 13.2. The summed E-state index contributed by atoms with van der Waals surface area (Å²) >= 11 is 1.41. The fraction of sp³-hybridized carbons (Fsp3) is 0.182. The molecule has 1 aromatic carbocycles. The molecule has 0 aliphatic rings. The average molecular weight is 388 g/mol. The topological polar surface area (TPSA) is 67.8 Å². The van der Waals surface area contributed by atoms with E-state index in [9.17, 15) is 4.79 Å². The van der Waals surface area contributed by atoms with Gasteiger partial charge in [0.05, 0.1) is 16.6 Å². The van der Waals surface area contributed by atoms with E-state index >= 15 is 0 Å². The third-order valence-electron chi connectivity index (χ3n) is 4.68. The van der Waals surface area contributed by atoms with Gasteiger partial charge in [0.1, 0.15) is 10.7 Å². The van der Waals surface area contributed by atoms with Crippen molar-refractivity contribution in [3.05, 3.63) is 87.9 Å². The molecule has 0 bridgehead atoms.